The van der Waals surface area contributed by atoms with Gasteiger partial charge in [-0.25, -0.2) is 0 Å². The molecular formula is C20H15N3S. The fraction of sp³-hybridized carbons (Fsp3) is 0. The highest BCUT2D eigenvalue weighted by molar-refractivity contribution is 7.80. The van der Waals surface area contributed by atoms with Crippen LogP contribution in [0.4, 0.5) is 11.4 Å². The average molecular weight is 329 g/mol. The van der Waals surface area contributed by atoms with Crippen LogP contribution in [0.2, 0.25) is 0 Å². The van der Waals surface area contributed by atoms with Gasteiger partial charge in [-0.1, -0.05) is 42.5 Å². The van der Waals surface area contributed by atoms with Crippen molar-refractivity contribution in [3.63, 3.8) is 0 Å². The number of pyridine rings is 1. The fourth-order valence-electron chi connectivity index (χ4n) is 2.82. The van der Waals surface area contributed by atoms with E-state index in [9.17, 15) is 0 Å². The molecule has 0 fully saturated rings. The highest BCUT2D eigenvalue weighted by Crippen LogP contribution is 2.24. The van der Waals surface area contributed by atoms with E-state index in [-0.39, 0.29) is 0 Å². The molecule has 0 spiro atoms. The van der Waals surface area contributed by atoms with Crippen LogP contribution >= 0.6 is 12.2 Å². The molecule has 0 radical (unpaired) electrons. The van der Waals surface area contributed by atoms with E-state index < -0.39 is 0 Å². The van der Waals surface area contributed by atoms with Gasteiger partial charge in [0.1, 0.15) is 0 Å². The van der Waals surface area contributed by atoms with Crippen LogP contribution in [0, 0.1) is 0 Å². The predicted molar refractivity (Wildman–Crippen MR) is 106 cm³/mol. The van der Waals surface area contributed by atoms with Gasteiger partial charge < -0.3 is 10.6 Å². The van der Waals surface area contributed by atoms with Gasteiger partial charge in [0.25, 0.3) is 0 Å². The Hall–Kier alpha value is -2.98. The first-order chi connectivity index (χ1) is 11.8. The maximum absolute atomic E-state index is 5.50. The zero-order chi connectivity index (χ0) is 16.4. The third-order valence-corrected chi connectivity index (χ3v) is 4.14. The number of rotatable bonds is 2. The van der Waals surface area contributed by atoms with E-state index in [1.54, 1.807) is 6.20 Å². The van der Waals surface area contributed by atoms with Crippen LogP contribution in [-0.2, 0) is 0 Å². The van der Waals surface area contributed by atoms with Crippen molar-refractivity contribution in [3.05, 3.63) is 79.0 Å². The molecule has 0 aliphatic carbocycles. The minimum Gasteiger partial charge on any atom is -0.332 e. The number of aromatic nitrogens is 1. The van der Waals surface area contributed by atoms with Gasteiger partial charge >= 0.3 is 0 Å². The number of hydrogen-bond donors (Lipinski definition) is 2. The second-order valence-electron chi connectivity index (χ2n) is 5.48. The molecule has 2 N–H and O–H groups in total. The Morgan fingerprint density at radius 3 is 2.25 bits per heavy atom. The Kier molecular flexibility index (Phi) is 3.81. The lowest BCUT2D eigenvalue weighted by Gasteiger charge is -2.14. The summed E-state index contributed by atoms with van der Waals surface area (Å²) >= 11 is 5.50. The van der Waals surface area contributed by atoms with Gasteiger partial charge in [-0.3, -0.25) is 4.98 Å². The average Bonchev–Trinajstić information content (AvgIpc) is 2.62. The van der Waals surface area contributed by atoms with E-state index in [1.165, 1.54) is 5.39 Å². The number of fused-ring (bicyclic) bond motifs is 2. The first kappa shape index (κ1) is 14.6. The van der Waals surface area contributed by atoms with Crippen molar-refractivity contribution >= 4 is 50.4 Å². The maximum Gasteiger partial charge on any atom is 0.175 e. The van der Waals surface area contributed by atoms with Crippen LogP contribution in [0.25, 0.3) is 21.7 Å². The third-order valence-electron chi connectivity index (χ3n) is 3.93. The van der Waals surface area contributed by atoms with Gasteiger partial charge in [-0.2, -0.15) is 0 Å². The molecule has 24 heavy (non-hydrogen) atoms. The molecule has 0 bridgehead atoms. The summed E-state index contributed by atoms with van der Waals surface area (Å²) in [5.74, 6) is 0. The van der Waals surface area contributed by atoms with Crippen LogP contribution in [0.5, 0.6) is 0 Å². The van der Waals surface area contributed by atoms with E-state index in [4.69, 9.17) is 12.2 Å². The summed E-state index contributed by atoms with van der Waals surface area (Å²) in [6, 6.07) is 24.3. The first-order valence-corrected chi connectivity index (χ1v) is 8.11. The summed E-state index contributed by atoms with van der Waals surface area (Å²) in [6.07, 6.45) is 1.79. The zero-order valence-corrected chi connectivity index (χ0v) is 13.7. The summed E-state index contributed by atoms with van der Waals surface area (Å²) in [6.45, 7) is 0. The maximum atomic E-state index is 5.50. The third kappa shape index (κ3) is 2.79. The van der Waals surface area contributed by atoms with Crippen LogP contribution < -0.4 is 10.6 Å². The van der Waals surface area contributed by atoms with Crippen molar-refractivity contribution in [1.29, 1.82) is 0 Å². The van der Waals surface area contributed by atoms with Crippen molar-refractivity contribution in [2.45, 2.75) is 0 Å². The van der Waals surface area contributed by atoms with Gasteiger partial charge in [0.15, 0.2) is 5.11 Å². The Labute approximate surface area is 145 Å². The lowest BCUT2D eigenvalue weighted by atomic mass is 10.1. The molecule has 1 heterocycles. The Morgan fingerprint density at radius 1 is 0.708 bits per heavy atom. The van der Waals surface area contributed by atoms with Crippen LogP contribution in [0.1, 0.15) is 0 Å². The van der Waals surface area contributed by atoms with Crippen molar-refractivity contribution in [2.75, 3.05) is 10.6 Å². The van der Waals surface area contributed by atoms with Crippen LogP contribution in [0.3, 0.4) is 0 Å². The molecule has 116 valence electrons. The van der Waals surface area contributed by atoms with Gasteiger partial charge in [-0.05, 0) is 47.9 Å². The highest BCUT2D eigenvalue weighted by Gasteiger charge is 2.05. The molecule has 0 amide bonds. The molecule has 1 aromatic heterocycles. The lowest BCUT2D eigenvalue weighted by Crippen LogP contribution is -2.19. The molecule has 3 nitrogen and oxygen atoms in total. The molecule has 3 aromatic carbocycles. The summed E-state index contributed by atoms with van der Waals surface area (Å²) in [7, 11) is 0. The molecule has 0 aliphatic rings. The van der Waals surface area contributed by atoms with Gasteiger partial charge in [0.2, 0.25) is 0 Å². The molecule has 4 rings (SSSR count). The molecule has 4 aromatic rings. The summed E-state index contributed by atoms with van der Waals surface area (Å²) in [5.41, 5.74) is 2.87. The number of nitrogens with zero attached hydrogens (tertiary/aromatic N) is 1. The van der Waals surface area contributed by atoms with E-state index in [0.717, 1.165) is 27.7 Å². The minimum absolute atomic E-state index is 0.558. The standard InChI is InChI=1S/C20H15N3S/c24-20(22-18-11-3-7-14-6-1-2-8-15(14)18)23-19-12-4-10-17-16(19)9-5-13-21-17/h1-13H,(H2,22,23,24). The first-order valence-electron chi connectivity index (χ1n) is 7.71. The molecule has 0 unspecified atom stereocenters. The van der Waals surface area contributed by atoms with E-state index >= 15 is 0 Å². The second kappa shape index (κ2) is 6.26. The smallest absolute Gasteiger partial charge is 0.175 e. The van der Waals surface area contributed by atoms with E-state index in [0.29, 0.717) is 5.11 Å². The van der Waals surface area contributed by atoms with Gasteiger partial charge in [0, 0.05) is 28.3 Å². The van der Waals surface area contributed by atoms with Crippen molar-refractivity contribution < 1.29 is 0 Å². The van der Waals surface area contributed by atoms with Gasteiger partial charge in [0.05, 0.1) is 5.52 Å². The fourth-order valence-corrected chi connectivity index (χ4v) is 3.04. The SMILES string of the molecule is S=C(Nc1cccc2ccccc12)Nc1cccc2ncccc12. The highest BCUT2D eigenvalue weighted by atomic mass is 32.1. The Bertz CT molecular complexity index is 949. The number of anilines is 2. The monoisotopic (exact) mass is 329 g/mol. The quantitative estimate of drug-likeness (QED) is 0.496. The topological polar surface area (TPSA) is 37.0 Å². The van der Waals surface area contributed by atoms with Crippen molar-refractivity contribution in [1.82, 2.24) is 4.98 Å². The number of nitrogens with one attached hydrogen (secondary N) is 2. The van der Waals surface area contributed by atoms with Crippen molar-refractivity contribution in [3.8, 4) is 0 Å². The molecule has 0 atom stereocenters. The Morgan fingerprint density at radius 2 is 1.38 bits per heavy atom. The molecule has 0 saturated heterocycles. The summed E-state index contributed by atoms with van der Waals surface area (Å²) in [5, 5.41) is 10.5. The van der Waals surface area contributed by atoms with Gasteiger partial charge in [-0.15, -0.1) is 0 Å². The van der Waals surface area contributed by atoms with Crippen LogP contribution in [0.15, 0.2) is 79.0 Å². The van der Waals surface area contributed by atoms with E-state index in [1.807, 2.05) is 54.6 Å². The predicted octanol–water partition coefficient (Wildman–Crippen LogP) is 5.20. The second-order valence-corrected chi connectivity index (χ2v) is 5.89. The molecular weight excluding hydrogens is 314 g/mol. The largest absolute Gasteiger partial charge is 0.332 e. The Balaban J connectivity index is 1.62. The molecule has 4 heteroatoms. The summed E-state index contributed by atoms with van der Waals surface area (Å²) in [4.78, 5) is 4.37. The lowest BCUT2D eigenvalue weighted by molar-refractivity contribution is 1.41. The minimum atomic E-state index is 0.558. The molecule has 0 aliphatic heterocycles. The zero-order valence-electron chi connectivity index (χ0n) is 12.9. The number of hydrogen-bond acceptors (Lipinski definition) is 2. The van der Waals surface area contributed by atoms with Crippen LogP contribution in [-0.4, -0.2) is 10.1 Å². The number of thiocarbonyl (C=S) groups is 1. The summed E-state index contributed by atoms with van der Waals surface area (Å²) < 4.78 is 0. The normalized spacial score (nSPS) is 10.7. The molecule has 0 saturated carbocycles. The number of benzene rings is 3. The van der Waals surface area contributed by atoms with Crippen molar-refractivity contribution in [2.24, 2.45) is 0 Å². The van der Waals surface area contributed by atoms with E-state index in [2.05, 4.69) is 33.8 Å².